The van der Waals surface area contributed by atoms with Crippen molar-refractivity contribution in [3.8, 4) is 22.6 Å². The molecule has 0 radical (unpaired) electrons. The molecule has 6 rings (SSSR count). The number of carbonyl (C=O) groups is 1. The van der Waals surface area contributed by atoms with Crippen molar-refractivity contribution in [3.05, 3.63) is 77.4 Å². The van der Waals surface area contributed by atoms with Crippen LogP contribution in [0.5, 0.6) is 11.5 Å². The summed E-state index contributed by atoms with van der Waals surface area (Å²) in [6.45, 7) is 0.975. The van der Waals surface area contributed by atoms with E-state index in [9.17, 15) is 4.79 Å². The van der Waals surface area contributed by atoms with Crippen LogP contribution in [0.25, 0.3) is 11.1 Å². The Morgan fingerprint density at radius 3 is 1.90 bits per heavy atom. The molecule has 1 aliphatic carbocycles. The smallest absolute Gasteiger partial charge is 0.276 e. The number of rotatable bonds is 1. The Morgan fingerprint density at radius 2 is 1.24 bits per heavy atom. The van der Waals surface area contributed by atoms with E-state index in [1.807, 2.05) is 36.4 Å². The van der Waals surface area contributed by atoms with E-state index in [0.29, 0.717) is 36.0 Å². The lowest BCUT2D eigenvalue weighted by molar-refractivity contribution is -0.110. The summed E-state index contributed by atoms with van der Waals surface area (Å²) in [6.07, 6.45) is 0. The number of amides is 1. The predicted molar refractivity (Wildman–Crippen MR) is 110 cm³/mol. The summed E-state index contributed by atoms with van der Waals surface area (Å²) >= 11 is 0. The van der Waals surface area contributed by atoms with Crippen LogP contribution in [0.15, 0.2) is 70.9 Å². The van der Waals surface area contributed by atoms with Gasteiger partial charge in [0, 0.05) is 22.8 Å². The van der Waals surface area contributed by atoms with Crippen LogP contribution < -0.4 is 14.8 Å². The van der Waals surface area contributed by atoms with Gasteiger partial charge in [-0.15, -0.1) is 10.2 Å². The van der Waals surface area contributed by atoms with Gasteiger partial charge in [0.05, 0.1) is 5.69 Å². The van der Waals surface area contributed by atoms with E-state index in [0.717, 1.165) is 28.0 Å². The highest BCUT2D eigenvalue weighted by Gasteiger charge is 2.30. The van der Waals surface area contributed by atoms with Crippen molar-refractivity contribution in [2.75, 3.05) is 18.5 Å². The van der Waals surface area contributed by atoms with E-state index in [4.69, 9.17) is 9.47 Å². The number of carbonyl (C=O) groups excluding carboxylic acids is 1. The van der Waals surface area contributed by atoms with Gasteiger partial charge in [-0.3, -0.25) is 4.79 Å². The molecule has 1 N–H and O–H groups in total. The van der Waals surface area contributed by atoms with Crippen LogP contribution in [0, 0.1) is 0 Å². The zero-order valence-electron chi connectivity index (χ0n) is 15.3. The van der Waals surface area contributed by atoms with Gasteiger partial charge >= 0.3 is 0 Å². The Balaban J connectivity index is 1.49. The van der Waals surface area contributed by atoms with Gasteiger partial charge in [-0.05, 0) is 17.2 Å². The zero-order chi connectivity index (χ0) is 19.4. The van der Waals surface area contributed by atoms with Gasteiger partial charge in [0.2, 0.25) is 0 Å². The molecule has 140 valence electrons. The van der Waals surface area contributed by atoms with Gasteiger partial charge in [-0.25, -0.2) is 0 Å². The van der Waals surface area contributed by atoms with E-state index >= 15 is 0 Å². The van der Waals surface area contributed by atoms with Crippen LogP contribution >= 0.6 is 0 Å². The number of benzene rings is 3. The number of fused-ring (bicyclic) bond motifs is 5. The van der Waals surface area contributed by atoms with Gasteiger partial charge in [0.1, 0.15) is 18.9 Å². The van der Waals surface area contributed by atoms with Crippen LogP contribution in [0.1, 0.15) is 16.7 Å². The van der Waals surface area contributed by atoms with E-state index in [1.54, 1.807) is 12.1 Å². The molecule has 29 heavy (non-hydrogen) atoms. The summed E-state index contributed by atoms with van der Waals surface area (Å²) in [5.74, 6) is 0.955. The lowest BCUT2D eigenvalue weighted by Gasteiger charge is -2.18. The molecule has 2 aliphatic heterocycles. The van der Waals surface area contributed by atoms with Crippen molar-refractivity contribution in [2.24, 2.45) is 10.2 Å². The second-order valence-electron chi connectivity index (χ2n) is 6.98. The highest BCUT2D eigenvalue weighted by Crippen LogP contribution is 2.39. The van der Waals surface area contributed by atoms with E-state index in [1.165, 1.54) is 0 Å². The van der Waals surface area contributed by atoms with Gasteiger partial charge in [0.15, 0.2) is 17.2 Å². The third-order valence-corrected chi connectivity index (χ3v) is 5.31. The summed E-state index contributed by atoms with van der Waals surface area (Å²) in [6, 6.07) is 19.7. The normalized spacial score (nSPS) is 16.9. The molecule has 0 bridgehead atoms. The number of ether oxygens (including phenoxy) is 2. The third kappa shape index (κ3) is 2.39. The maximum absolute atomic E-state index is 12.5. The first kappa shape index (κ1) is 16.1. The third-order valence-electron chi connectivity index (χ3n) is 5.31. The summed E-state index contributed by atoms with van der Waals surface area (Å²) in [7, 11) is 0. The lowest BCUT2D eigenvalue weighted by atomic mass is 10.1. The van der Waals surface area contributed by atoms with Crippen LogP contribution in [-0.2, 0) is 4.79 Å². The largest absolute Gasteiger partial charge is 0.486 e. The molecule has 0 aromatic heterocycles. The fourth-order valence-corrected chi connectivity index (χ4v) is 3.99. The second kappa shape index (κ2) is 6.04. The standard InChI is InChI=1S/C23H15N3O3/c27-23-22(17-11-19-20(12-18(17)24-23)29-10-9-28-19)26-25-21-15-7-3-1-5-13(15)14-6-2-4-8-16(14)21/h1-8,11-12H,9-10H2,(H,24,26,27). The summed E-state index contributed by atoms with van der Waals surface area (Å²) in [5, 5.41) is 11.7. The van der Waals surface area contributed by atoms with Crippen molar-refractivity contribution in [1.82, 2.24) is 0 Å². The van der Waals surface area contributed by atoms with E-state index in [2.05, 4.69) is 27.7 Å². The number of anilines is 1. The quantitative estimate of drug-likeness (QED) is 0.512. The first-order chi connectivity index (χ1) is 14.3. The zero-order valence-corrected chi connectivity index (χ0v) is 15.3. The SMILES string of the molecule is O=C1Nc2cc3c(cc2/C1=N/N=C1c2ccccc2-c2ccccc21)OCCO3. The molecule has 6 nitrogen and oxygen atoms in total. The topological polar surface area (TPSA) is 72.3 Å². The highest BCUT2D eigenvalue weighted by molar-refractivity contribution is 6.54. The molecular weight excluding hydrogens is 366 g/mol. The maximum Gasteiger partial charge on any atom is 0.276 e. The Bertz CT molecular complexity index is 1210. The molecule has 0 saturated heterocycles. The molecule has 0 unspecified atom stereocenters. The number of hydrogen-bond acceptors (Lipinski definition) is 5. The summed E-state index contributed by atoms with van der Waals surface area (Å²) in [5.41, 5.74) is 6.64. The van der Waals surface area contributed by atoms with E-state index < -0.39 is 0 Å². The fraction of sp³-hybridized carbons (Fsp3) is 0.0870. The molecule has 0 saturated carbocycles. The molecule has 3 aromatic carbocycles. The minimum absolute atomic E-state index is 0.270. The molecule has 3 aromatic rings. The van der Waals surface area contributed by atoms with Gasteiger partial charge in [-0.2, -0.15) is 0 Å². The van der Waals surface area contributed by atoms with Gasteiger partial charge < -0.3 is 14.8 Å². The van der Waals surface area contributed by atoms with Crippen LogP contribution in [-0.4, -0.2) is 30.5 Å². The van der Waals surface area contributed by atoms with Crippen LogP contribution in [0.2, 0.25) is 0 Å². The number of nitrogens with zero attached hydrogens (tertiary/aromatic N) is 2. The van der Waals surface area contributed by atoms with Crippen molar-refractivity contribution in [2.45, 2.75) is 0 Å². The van der Waals surface area contributed by atoms with Gasteiger partial charge in [0.25, 0.3) is 5.91 Å². The molecule has 0 fully saturated rings. The van der Waals surface area contributed by atoms with Gasteiger partial charge in [-0.1, -0.05) is 48.5 Å². The first-order valence-corrected chi connectivity index (χ1v) is 9.40. The fourth-order valence-electron chi connectivity index (χ4n) is 3.99. The van der Waals surface area contributed by atoms with Crippen molar-refractivity contribution < 1.29 is 14.3 Å². The summed E-state index contributed by atoms with van der Waals surface area (Å²) in [4.78, 5) is 12.5. The Morgan fingerprint density at radius 1 is 0.690 bits per heavy atom. The monoisotopic (exact) mass is 381 g/mol. The predicted octanol–water partition coefficient (Wildman–Crippen LogP) is 3.63. The molecule has 0 spiro atoms. The van der Waals surface area contributed by atoms with Crippen LogP contribution in [0.4, 0.5) is 5.69 Å². The maximum atomic E-state index is 12.5. The molecule has 3 aliphatic rings. The first-order valence-electron chi connectivity index (χ1n) is 9.40. The molecule has 0 atom stereocenters. The Kier molecular flexibility index (Phi) is 3.34. The number of nitrogens with one attached hydrogen (secondary N) is 1. The highest BCUT2D eigenvalue weighted by atomic mass is 16.6. The average Bonchev–Trinajstić information content (AvgIpc) is 3.24. The Hall–Kier alpha value is -3.93. The van der Waals surface area contributed by atoms with Crippen molar-refractivity contribution in [3.63, 3.8) is 0 Å². The lowest BCUT2D eigenvalue weighted by Crippen LogP contribution is -2.15. The van der Waals surface area contributed by atoms with E-state index in [-0.39, 0.29) is 11.6 Å². The molecule has 1 amide bonds. The van der Waals surface area contributed by atoms with Crippen molar-refractivity contribution >= 4 is 23.0 Å². The molecular formula is C23H15N3O3. The van der Waals surface area contributed by atoms with Crippen LogP contribution in [0.3, 0.4) is 0 Å². The van der Waals surface area contributed by atoms with Crippen molar-refractivity contribution in [1.29, 1.82) is 0 Å². The number of hydrogen-bond donors (Lipinski definition) is 1. The Labute approximate surface area is 166 Å². The molecule has 6 heteroatoms. The summed E-state index contributed by atoms with van der Waals surface area (Å²) < 4.78 is 11.2. The minimum atomic E-state index is -0.286. The molecule has 2 heterocycles. The minimum Gasteiger partial charge on any atom is -0.486 e. The average molecular weight is 381 g/mol. The second-order valence-corrected chi connectivity index (χ2v) is 6.98.